The van der Waals surface area contributed by atoms with Crippen molar-refractivity contribution in [3.05, 3.63) is 41.0 Å². The lowest BCUT2D eigenvalue weighted by atomic mass is 9.85. The highest BCUT2D eigenvalue weighted by atomic mass is 16.1. The van der Waals surface area contributed by atoms with Gasteiger partial charge in [-0.2, -0.15) is 0 Å². The third-order valence-electron chi connectivity index (χ3n) is 4.32. The summed E-state index contributed by atoms with van der Waals surface area (Å²) in [6.07, 6.45) is 8.07. The van der Waals surface area contributed by atoms with E-state index < -0.39 is 0 Å². The maximum absolute atomic E-state index is 11.3. The summed E-state index contributed by atoms with van der Waals surface area (Å²) in [5, 5.41) is 0. The van der Waals surface area contributed by atoms with Crippen LogP contribution in [-0.2, 0) is 11.3 Å². The van der Waals surface area contributed by atoms with Gasteiger partial charge in [-0.15, -0.1) is 0 Å². The van der Waals surface area contributed by atoms with Crippen LogP contribution in [0.3, 0.4) is 0 Å². The summed E-state index contributed by atoms with van der Waals surface area (Å²) >= 11 is 0. The molecule has 0 amide bonds. The van der Waals surface area contributed by atoms with Crippen molar-refractivity contribution in [1.82, 2.24) is 9.55 Å². The van der Waals surface area contributed by atoms with Crippen LogP contribution >= 0.6 is 0 Å². The summed E-state index contributed by atoms with van der Waals surface area (Å²) in [6.45, 7) is 9.31. The van der Waals surface area contributed by atoms with Crippen molar-refractivity contribution in [3.63, 3.8) is 0 Å². The summed E-state index contributed by atoms with van der Waals surface area (Å²) < 4.78 is 2.17. The predicted molar refractivity (Wildman–Crippen MR) is 76.8 cm³/mol. The highest BCUT2D eigenvalue weighted by molar-refractivity contribution is 5.81. The highest BCUT2D eigenvalue weighted by Gasteiger charge is 2.24. The molecule has 3 nitrogen and oxygen atoms in total. The summed E-state index contributed by atoms with van der Waals surface area (Å²) in [5.41, 5.74) is 3.21. The molecule has 1 aliphatic carbocycles. The van der Waals surface area contributed by atoms with E-state index in [9.17, 15) is 4.79 Å². The molecule has 0 saturated carbocycles. The first-order valence-electron chi connectivity index (χ1n) is 6.85. The SMILES string of the molecule is CC1=CCC(C)C(Cn2ccnc2C)C(C)=C1C=O. The Kier molecular flexibility index (Phi) is 4.03. The summed E-state index contributed by atoms with van der Waals surface area (Å²) in [7, 11) is 0. The quantitative estimate of drug-likeness (QED) is 0.780. The van der Waals surface area contributed by atoms with Crippen LogP contribution in [0.2, 0.25) is 0 Å². The van der Waals surface area contributed by atoms with Gasteiger partial charge in [0.15, 0.2) is 0 Å². The van der Waals surface area contributed by atoms with Crippen molar-refractivity contribution in [2.24, 2.45) is 11.8 Å². The number of carbonyl (C=O) groups is 1. The van der Waals surface area contributed by atoms with Crippen LogP contribution in [0.1, 0.15) is 33.0 Å². The first kappa shape index (κ1) is 13.8. The molecule has 0 aliphatic heterocycles. The minimum atomic E-state index is 0.391. The molecule has 0 fully saturated rings. The Labute approximate surface area is 115 Å². The van der Waals surface area contributed by atoms with Crippen LogP contribution in [0, 0.1) is 18.8 Å². The van der Waals surface area contributed by atoms with Gasteiger partial charge in [0.2, 0.25) is 0 Å². The van der Waals surface area contributed by atoms with Gasteiger partial charge >= 0.3 is 0 Å². The lowest BCUT2D eigenvalue weighted by Crippen LogP contribution is -2.20. The third-order valence-corrected chi connectivity index (χ3v) is 4.32. The van der Waals surface area contributed by atoms with Gasteiger partial charge in [0, 0.05) is 30.4 Å². The van der Waals surface area contributed by atoms with Gasteiger partial charge in [-0.05, 0) is 38.7 Å². The molecule has 2 unspecified atom stereocenters. The van der Waals surface area contributed by atoms with Crippen LogP contribution in [0.15, 0.2) is 35.2 Å². The number of allylic oxidation sites excluding steroid dienone is 4. The fourth-order valence-electron chi connectivity index (χ4n) is 2.89. The Hall–Kier alpha value is -1.64. The molecule has 0 saturated heterocycles. The Morgan fingerprint density at radius 1 is 1.42 bits per heavy atom. The molecule has 2 rings (SSSR count). The van der Waals surface area contributed by atoms with Gasteiger partial charge in [0.25, 0.3) is 0 Å². The van der Waals surface area contributed by atoms with E-state index in [1.54, 1.807) is 0 Å². The average molecular weight is 258 g/mol. The molecule has 2 atom stereocenters. The predicted octanol–water partition coefficient (Wildman–Crippen LogP) is 3.31. The zero-order valence-electron chi connectivity index (χ0n) is 12.2. The molecule has 19 heavy (non-hydrogen) atoms. The third kappa shape index (κ3) is 2.70. The Morgan fingerprint density at radius 2 is 2.16 bits per heavy atom. The van der Waals surface area contributed by atoms with E-state index >= 15 is 0 Å². The lowest BCUT2D eigenvalue weighted by Gasteiger charge is -2.24. The Bertz CT molecular complexity index is 537. The van der Waals surface area contributed by atoms with Crippen molar-refractivity contribution in [1.29, 1.82) is 0 Å². The van der Waals surface area contributed by atoms with Gasteiger partial charge in [-0.3, -0.25) is 4.79 Å². The molecular formula is C16H22N2O. The number of aryl methyl sites for hydroxylation is 1. The Balaban J connectivity index is 2.35. The van der Waals surface area contributed by atoms with Crippen molar-refractivity contribution in [2.75, 3.05) is 0 Å². The molecule has 102 valence electrons. The van der Waals surface area contributed by atoms with Crippen molar-refractivity contribution < 1.29 is 4.79 Å². The monoisotopic (exact) mass is 258 g/mol. The minimum absolute atomic E-state index is 0.391. The van der Waals surface area contributed by atoms with E-state index in [0.29, 0.717) is 11.8 Å². The first-order chi connectivity index (χ1) is 9.04. The zero-order valence-corrected chi connectivity index (χ0v) is 12.2. The van der Waals surface area contributed by atoms with E-state index in [-0.39, 0.29) is 0 Å². The van der Waals surface area contributed by atoms with E-state index in [1.807, 2.05) is 26.2 Å². The zero-order chi connectivity index (χ0) is 14.0. The number of hydrogen-bond donors (Lipinski definition) is 0. The number of rotatable bonds is 3. The van der Waals surface area contributed by atoms with Crippen LogP contribution < -0.4 is 0 Å². The van der Waals surface area contributed by atoms with Gasteiger partial charge in [0.05, 0.1) is 0 Å². The van der Waals surface area contributed by atoms with Crippen LogP contribution in [0.5, 0.6) is 0 Å². The molecule has 1 aliphatic rings. The molecule has 3 heteroatoms. The number of aromatic nitrogens is 2. The van der Waals surface area contributed by atoms with E-state index in [1.165, 1.54) is 5.57 Å². The maximum atomic E-state index is 11.3. The minimum Gasteiger partial charge on any atom is -0.335 e. The highest BCUT2D eigenvalue weighted by Crippen LogP contribution is 2.33. The second-order valence-electron chi connectivity index (χ2n) is 5.55. The normalized spacial score (nSPS) is 24.1. The molecule has 0 N–H and O–H groups in total. The second-order valence-corrected chi connectivity index (χ2v) is 5.55. The molecular weight excluding hydrogens is 236 g/mol. The maximum Gasteiger partial charge on any atom is 0.150 e. The van der Waals surface area contributed by atoms with Crippen molar-refractivity contribution in [2.45, 2.75) is 40.7 Å². The molecule has 1 aromatic rings. The largest absolute Gasteiger partial charge is 0.335 e. The van der Waals surface area contributed by atoms with Gasteiger partial charge in [-0.25, -0.2) is 4.98 Å². The number of hydrogen-bond acceptors (Lipinski definition) is 2. The second kappa shape index (κ2) is 5.55. The van der Waals surface area contributed by atoms with Crippen LogP contribution in [0.25, 0.3) is 0 Å². The molecule has 0 aromatic carbocycles. The number of carbonyl (C=O) groups excluding carboxylic acids is 1. The Morgan fingerprint density at radius 3 is 2.74 bits per heavy atom. The molecule has 1 aromatic heterocycles. The fraction of sp³-hybridized carbons (Fsp3) is 0.500. The first-order valence-corrected chi connectivity index (χ1v) is 6.85. The van der Waals surface area contributed by atoms with Gasteiger partial charge in [-0.1, -0.05) is 18.6 Å². The summed E-state index contributed by atoms with van der Waals surface area (Å²) in [4.78, 5) is 15.6. The van der Waals surface area contributed by atoms with Gasteiger partial charge < -0.3 is 4.57 Å². The number of nitrogens with zero attached hydrogens (tertiary/aromatic N) is 2. The summed E-state index contributed by atoms with van der Waals surface area (Å²) in [5.74, 6) is 1.96. The molecule has 1 heterocycles. The number of aldehydes is 1. The van der Waals surface area contributed by atoms with E-state index in [0.717, 1.165) is 36.2 Å². The fourth-order valence-corrected chi connectivity index (χ4v) is 2.89. The topological polar surface area (TPSA) is 34.9 Å². The van der Waals surface area contributed by atoms with E-state index in [4.69, 9.17) is 0 Å². The van der Waals surface area contributed by atoms with E-state index in [2.05, 4.69) is 29.5 Å². The molecule has 0 radical (unpaired) electrons. The van der Waals surface area contributed by atoms with Crippen molar-refractivity contribution >= 4 is 6.29 Å². The molecule has 0 bridgehead atoms. The van der Waals surface area contributed by atoms with Crippen LogP contribution in [0.4, 0.5) is 0 Å². The number of imidazole rings is 1. The lowest BCUT2D eigenvalue weighted by molar-refractivity contribution is -0.104. The molecule has 0 spiro atoms. The van der Waals surface area contributed by atoms with Crippen molar-refractivity contribution in [3.8, 4) is 0 Å². The standard InChI is InChI=1S/C16H22N2O/c1-11-5-6-12(2)16(10-19)13(3)15(11)9-18-8-7-17-14(18)4/h6-8,10-11,15H,5,9H2,1-4H3. The average Bonchev–Trinajstić information content (AvgIpc) is 2.75. The van der Waals surface area contributed by atoms with Crippen LogP contribution in [-0.4, -0.2) is 15.8 Å². The smallest absolute Gasteiger partial charge is 0.150 e. The van der Waals surface area contributed by atoms with Gasteiger partial charge in [0.1, 0.15) is 12.1 Å². The summed E-state index contributed by atoms with van der Waals surface area (Å²) in [6, 6.07) is 0.